The zero-order valence-electron chi connectivity index (χ0n) is 14.7. The van der Waals surface area contributed by atoms with Crippen LogP contribution in [0.2, 0.25) is 0 Å². The molecule has 0 atom stereocenters. The maximum absolute atomic E-state index is 12.5. The number of nitrogens with one attached hydrogen (secondary N) is 1. The van der Waals surface area contributed by atoms with E-state index in [0.29, 0.717) is 37.1 Å². The van der Waals surface area contributed by atoms with Crippen LogP contribution in [0, 0.1) is 23.0 Å². The van der Waals surface area contributed by atoms with Crippen LogP contribution in [-0.2, 0) is 4.79 Å². The first-order chi connectivity index (χ1) is 12.9. The Morgan fingerprint density at radius 1 is 1.30 bits per heavy atom. The van der Waals surface area contributed by atoms with Gasteiger partial charge in [0.15, 0.2) is 5.69 Å². The number of carbonyl (C=O) groups excluding carboxylic acids is 1. The van der Waals surface area contributed by atoms with Gasteiger partial charge < -0.3 is 10.4 Å². The fourth-order valence-corrected chi connectivity index (χ4v) is 3.26. The monoisotopic (exact) mass is 373 g/mol. The van der Waals surface area contributed by atoms with Gasteiger partial charge in [-0.05, 0) is 38.7 Å². The SMILES string of the molecule is Cc1c(C(=O)NC2CCC(C(=O)O)CC2)nnn1-c1cccc([N+](=O)[O-])c1. The van der Waals surface area contributed by atoms with Gasteiger partial charge in [-0.1, -0.05) is 11.3 Å². The van der Waals surface area contributed by atoms with Crippen molar-refractivity contribution in [2.45, 2.75) is 38.6 Å². The normalized spacial score (nSPS) is 19.4. The molecule has 142 valence electrons. The van der Waals surface area contributed by atoms with E-state index in [-0.39, 0.29) is 29.2 Å². The van der Waals surface area contributed by atoms with Gasteiger partial charge in [0, 0.05) is 18.2 Å². The highest BCUT2D eigenvalue weighted by atomic mass is 16.6. The van der Waals surface area contributed by atoms with Crippen molar-refractivity contribution in [3.63, 3.8) is 0 Å². The first kappa shape index (κ1) is 18.5. The highest BCUT2D eigenvalue weighted by Gasteiger charge is 2.28. The molecule has 0 unspecified atom stereocenters. The smallest absolute Gasteiger partial charge is 0.306 e. The Bertz CT molecular complexity index is 886. The molecule has 1 saturated carbocycles. The summed E-state index contributed by atoms with van der Waals surface area (Å²) in [4.78, 5) is 33.9. The Morgan fingerprint density at radius 3 is 2.63 bits per heavy atom. The molecule has 10 nitrogen and oxygen atoms in total. The van der Waals surface area contributed by atoms with Gasteiger partial charge in [-0.15, -0.1) is 5.10 Å². The van der Waals surface area contributed by atoms with Gasteiger partial charge in [0.1, 0.15) is 0 Å². The summed E-state index contributed by atoms with van der Waals surface area (Å²) in [7, 11) is 0. The molecule has 0 radical (unpaired) electrons. The van der Waals surface area contributed by atoms with Crippen LogP contribution in [0.4, 0.5) is 5.69 Å². The highest BCUT2D eigenvalue weighted by Crippen LogP contribution is 2.25. The number of aliphatic carboxylic acids is 1. The highest BCUT2D eigenvalue weighted by molar-refractivity contribution is 5.93. The van der Waals surface area contributed by atoms with E-state index in [9.17, 15) is 19.7 Å². The number of nitrogens with zero attached hydrogens (tertiary/aromatic N) is 4. The predicted molar refractivity (Wildman–Crippen MR) is 93.6 cm³/mol. The number of amides is 1. The summed E-state index contributed by atoms with van der Waals surface area (Å²) in [6.45, 7) is 1.66. The lowest BCUT2D eigenvalue weighted by molar-refractivity contribution is -0.384. The molecule has 1 aromatic carbocycles. The lowest BCUT2D eigenvalue weighted by atomic mass is 9.86. The summed E-state index contributed by atoms with van der Waals surface area (Å²) in [5.41, 5.74) is 0.966. The van der Waals surface area contributed by atoms with Crippen molar-refractivity contribution in [2.75, 3.05) is 0 Å². The van der Waals surface area contributed by atoms with Gasteiger partial charge >= 0.3 is 5.97 Å². The standard InChI is InChI=1S/C17H19N5O5/c1-10-15(16(23)18-12-7-5-11(6-8-12)17(24)25)19-20-21(10)13-3-2-4-14(9-13)22(26)27/h2-4,9,11-12H,5-8H2,1H3,(H,18,23)(H,24,25). The van der Waals surface area contributed by atoms with Gasteiger partial charge in [-0.2, -0.15) is 0 Å². The molecule has 1 aliphatic carbocycles. The van der Waals surface area contributed by atoms with Crippen molar-refractivity contribution in [3.05, 3.63) is 45.8 Å². The van der Waals surface area contributed by atoms with Crippen LogP contribution in [0.1, 0.15) is 41.9 Å². The van der Waals surface area contributed by atoms with Crippen LogP contribution in [-0.4, -0.2) is 42.9 Å². The summed E-state index contributed by atoms with van der Waals surface area (Å²) in [6.07, 6.45) is 2.25. The quantitative estimate of drug-likeness (QED) is 0.602. The van der Waals surface area contributed by atoms with E-state index in [4.69, 9.17) is 5.11 Å². The lowest BCUT2D eigenvalue weighted by Crippen LogP contribution is -2.39. The molecule has 27 heavy (non-hydrogen) atoms. The zero-order chi connectivity index (χ0) is 19.6. The van der Waals surface area contributed by atoms with Crippen LogP contribution >= 0.6 is 0 Å². The number of nitro groups is 1. The van der Waals surface area contributed by atoms with Crippen molar-refractivity contribution in [3.8, 4) is 5.69 Å². The lowest BCUT2D eigenvalue weighted by Gasteiger charge is -2.26. The van der Waals surface area contributed by atoms with Crippen LogP contribution in [0.25, 0.3) is 5.69 Å². The third kappa shape index (κ3) is 3.94. The van der Waals surface area contributed by atoms with Crippen LogP contribution in [0.15, 0.2) is 24.3 Å². The third-order valence-electron chi connectivity index (χ3n) is 4.81. The minimum Gasteiger partial charge on any atom is -0.481 e. The average Bonchev–Trinajstić information content (AvgIpc) is 3.03. The largest absolute Gasteiger partial charge is 0.481 e. The van der Waals surface area contributed by atoms with Crippen molar-refractivity contribution in [2.24, 2.45) is 5.92 Å². The molecule has 1 aromatic heterocycles. The van der Waals surface area contributed by atoms with E-state index < -0.39 is 10.9 Å². The van der Waals surface area contributed by atoms with Crippen molar-refractivity contribution in [1.82, 2.24) is 20.3 Å². The topological polar surface area (TPSA) is 140 Å². The number of nitro benzene ring substituents is 1. The van der Waals surface area contributed by atoms with Crippen LogP contribution < -0.4 is 5.32 Å². The Labute approximate surface area is 154 Å². The van der Waals surface area contributed by atoms with Crippen LogP contribution in [0.5, 0.6) is 0 Å². The van der Waals surface area contributed by atoms with Crippen molar-refractivity contribution >= 4 is 17.6 Å². The van der Waals surface area contributed by atoms with Gasteiger partial charge in [0.25, 0.3) is 11.6 Å². The number of non-ortho nitro benzene ring substituents is 1. The Hall–Kier alpha value is -3.30. The molecule has 0 spiro atoms. The van der Waals surface area contributed by atoms with E-state index in [1.54, 1.807) is 13.0 Å². The predicted octanol–water partition coefficient (Wildman–Crippen LogP) is 1.86. The van der Waals surface area contributed by atoms with E-state index in [0.717, 1.165) is 0 Å². The first-order valence-electron chi connectivity index (χ1n) is 8.57. The molecular formula is C17H19N5O5. The molecule has 2 aromatic rings. The molecule has 1 amide bonds. The fourth-order valence-electron chi connectivity index (χ4n) is 3.26. The third-order valence-corrected chi connectivity index (χ3v) is 4.81. The van der Waals surface area contributed by atoms with Crippen molar-refractivity contribution in [1.29, 1.82) is 0 Å². The van der Waals surface area contributed by atoms with Gasteiger partial charge in [-0.25, -0.2) is 4.68 Å². The zero-order valence-corrected chi connectivity index (χ0v) is 14.7. The summed E-state index contributed by atoms with van der Waals surface area (Å²) in [5.74, 6) is -1.53. The van der Waals surface area contributed by atoms with E-state index >= 15 is 0 Å². The molecule has 3 rings (SSSR count). The van der Waals surface area contributed by atoms with E-state index in [1.165, 1.54) is 22.9 Å². The molecule has 10 heteroatoms. The summed E-state index contributed by atoms with van der Waals surface area (Å²) < 4.78 is 1.38. The minimum absolute atomic E-state index is 0.0800. The van der Waals surface area contributed by atoms with Gasteiger partial charge in [-0.3, -0.25) is 19.7 Å². The first-order valence-corrected chi connectivity index (χ1v) is 8.57. The van der Waals surface area contributed by atoms with E-state index in [1.807, 2.05) is 0 Å². The molecule has 1 heterocycles. The summed E-state index contributed by atoms with van der Waals surface area (Å²) in [5, 5.41) is 30.7. The maximum Gasteiger partial charge on any atom is 0.306 e. The maximum atomic E-state index is 12.5. The summed E-state index contributed by atoms with van der Waals surface area (Å²) >= 11 is 0. The number of benzene rings is 1. The number of hydrogen-bond donors (Lipinski definition) is 2. The average molecular weight is 373 g/mol. The Kier molecular flexibility index (Phi) is 5.15. The second kappa shape index (κ2) is 7.52. The number of carboxylic acid groups (broad SMARTS) is 1. The van der Waals surface area contributed by atoms with Crippen LogP contribution in [0.3, 0.4) is 0 Å². The number of hydrogen-bond acceptors (Lipinski definition) is 6. The summed E-state index contributed by atoms with van der Waals surface area (Å²) in [6, 6.07) is 5.81. The molecule has 2 N–H and O–H groups in total. The van der Waals surface area contributed by atoms with Crippen molar-refractivity contribution < 1.29 is 19.6 Å². The Balaban J connectivity index is 1.72. The number of carbonyl (C=O) groups is 2. The molecule has 1 aliphatic rings. The molecule has 1 fully saturated rings. The van der Waals surface area contributed by atoms with Gasteiger partial charge in [0.05, 0.1) is 22.2 Å². The second-order valence-electron chi connectivity index (χ2n) is 6.57. The minimum atomic E-state index is -0.796. The second-order valence-corrected chi connectivity index (χ2v) is 6.57. The number of rotatable bonds is 5. The van der Waals surface area contributed by atoms with Gasteiger partial charge in [0.2, 0.25) is 0 Å². The molecule has 0 saturated heterocycles. The number of aromatic nitrogens is 3. The fraction of sp³-hybridized carbons (Fsp3) is 0.412. The number of carboxylic acids is 1. The molecule has 0 bridgehead atoms. The molecule has 0 aliphatic heterocycles. The van der Waals surface area contributed by atoms with E-state index in [2.05, 4.69) is 15.6 Å². The Morgan fingerprint density at radius 2 is 2.00 bits per heavy atom. The molecular weight excluding hydrogens is 354 g/mol.